The van der Waals surface area contributed by atoms with Gasteiger partial charge in [-0.05, 0) is 30.7 Å². The predicted molar refractivity (Wildman–Crippen MR) is 94.7 cm³/mol. The summed E-state index contributed by atoms with van der Waals surface area (Å²) in [6, 6.07) is 11.2. The van der Waals surface area contributed by atoms with Crippen LogP contribution in [0.25, 0.3) is 0 Å². The van der Waals surface area contributed by atoms with Gasteiger partial charge >= 0.3 is 5.69 Å². The van der Waals surface area contributed by atoms with Crippen molar-refractivity contribution in [3.8, 4) is 0 Å². The molecule has 0 unspecified atom stereocenters. The van der Waals surface area contributed by atoms with Gasteiger partial charge in [0.25, 0.3) is 0 Å². The van der Waals surface area contributed by atoms with Crippen molar-refractivity contribution in [1.29, 1.82) is 0 Å². The standard InChI is InChI=1S/C17H16N6O2/c1-12-4-6-14(7-5-12)22-17-15(23(24)25)16(20-11-21-17)19-10-13-3-2-8-18-9-13/h2-9,11H,10H2,1H3,(H2,19,20,21,22). The Balaban J connectivity index is 1.86. The number of nitro groups is 1. The second-order valence-corrected chi connectivity index (χ2v) is 5.38. The zero-order chi connectivity index (χ0) is 17.6. The minimum atomic E-state index is -0.498. The molecule has 1 aromatic carbocycles. The van der Waals surface area contributed by atoms with Crippen LogP contribution in [-0.4, -0.2) is 19.9 Å². The average molecular weight is 336 g/mol. The van der Waals surface area contributed by atoms with Crippen molar-refractivity contribution in [1.82, 2.24) is 15.0 Å². The molecule has 0 spiro atoms. The number of nitrogens with zero attached hydrogens (tertiary/aromatic N) is 4. The van der Waals surface area contributed by atoms with Crippen molar-refractivity contribution in [2.75, 3.05) is 10.6 Å². The zero-order valence-corrected chi connectivity index (χ0v) is 13.5. The molecule has 3 rings (SSSR count). The molecule has 126 valence electrons. The number of aromatic nitrogens is 3. The van der Waals surface area contributed by atoms with E-state index >= 15 is 0 Å². The van der Waals surface area contributed by atoms with Gasteiger partial charge in [0.2, 0.25) is 11.6 Å². The molecular weight excluding hydrogens is 320 g/mol. The zero-order valence-electron chi connectivity index (χ0n) is 13.5. The Bertz CT molecular complexity index is 868. The molecular formula is C17H16N6O2. The Morgan fingerprint density at radius 3 is 2.56 bits per heavy atom. The smallest absolute Gasteiger partial charge is 0.353 e. The van der Waals surface area contributed by atoms with Crippen LogP contribution in [0.1, 0.15) is 11.1 Å². The van der Waals surface area contributed by atoms with Crippen LogP contribution >= 0.6 is 0 Å². The van der Waals surface area contributed by atoms with Crippen LogP contribution < -0.4 is 10.6 Å². The summed E-state index contributed by atoms with van der Waals surface area (Å²) >= 11 is 0. The second kappa shape index (κ2) is 7.35. The quantitative estimate of drug-likeness (QED) is 0.524. The first-order valence-corrected chi connectivity index (χ1v) is 7.59. The summed E-state index contributed by atoms with van der Waals surface area (Å²) in [7, 11) is 0. The van der Waals surface area contributed by atoms with E-state index in [0.717, 1.165) is 11.1 Å². The molecule has 0 fully saturated rings. The van der Waals surface area contributed by atoms with E-state index in [1.54, 1.807) is 18.5 Å². The largest absolute Gasteiger partial charge is 0.360 e. The predicted octanol–water partition coefficient (Wildman–Crippen LogP) is 3.44. The van der Waals surface area contributed by atoms with E-state index in [-0.39, 0.29) is 17.3 Å². The van der Waals surface area contributed by atoms with Crippen LogP contribution in [-0.2, 0) is 6.54 Å². The first-order chi connectivity index (χ1) is 12.1. The summed E-state index contributed by atoms with van der Waals surface area (Å²) in [5.74, 6) is 0.288. The highest BCUT2D eigenvalue weighted by Gasteiger charge is 2.23. The number of benzene rings is 1. The number of aryl methyl sites for hydroxylation is 1. The monoisotopic (exact) mass is 336 g/mol. The van der Waals surface area contributed by atoms with Crippen LogP contribution in [0.4, 0.5) is 23.0 Å². The van der Waals surface area contributed by atoms with Crippen LogP contribution in [0.2, 0.25) is 0 Å². The topological polar surface area (TPSA) is 106 Å². The summed E-state index contributed by atoms with van der Waals surface area (Å²) < 4.78 is 0. The molecule has 0 aliphatic carbocycles. The molecule has 0 bridgehead atoms. The first kappa shape index (κ1) is 16.3. The van der Waals surface area contributed by atoms with Crippen molar-refractivity contribution < 1.29 is 4.92 Å². The Labute approximate surface area is 144 Å². The fourth-order valence-corrected chi connectivity index (χ4v) is 2.23. The number of nitrogens with one attached hydrogen (secondary N) is 2. The van der Waals surface area contributed by atoms with E-state index in [1.165, 1.54) is 6.33 Å². The summed E-state index contributed by atoms with van der Waals surface area (Å²) in [6.07, 6.45) is 4.64. The highest BCUT2D eigenvalue weighted by atomic mass is 16.6. The molecule has 8 heteroatoms. The number of anilines is 3. The lowest BCUT2D eigenvalue weighted by atomic mass is 10.2. The summed E-state index contributed by atoms with van der Waals surface area (Å²) in [4.78, 5) is 23.1. The molecule has 2 aromatic heterocycles. The Morgan fingerprint density at radius 2 is 1.88 bits per heavy atom. The minimum Gasteiger partial charge on any atom is -0.360 e. The van der Waals surface area contributed by atoms with Gasteiger partial charge in [-0.15, -0.1) is 0 Å². The number of pyridine rings is 1. The maximum Gasteiger partial charge on any atom is 0.353 e. The van der Waals surface area contributed by atoms with Crippen LogP contribution in [0.15, 0.2) is 55.1 Å². The van der Waals surface area contributed by atoms with E-state index in [0.29, 0.717) is 12.2 Å². The Morgan fingerprint density at radius 1 is 1.12 bits per heavy atom. The van der Waals surface area contributed by atoms with E-state index < -0.39 is 4.92 Å². The maximum atomic E-state index is 11.5. The fraction of sp³-hybridized carbons (Fsp3) is 0.118. The Kier molecular flexibility index (Phi) is 4.79. The molecule has 0 amide bonds. The van der Waals surface area contributed by atoms with Gasteiger partial charge in [-0.1, -0.05) is 23.8 Å². The third-order valence-electron chi connectivity index (χ3n) is 3.50. The third-order valence-corrected chi connectivity index (χ3v) is 3.50. The van der Waals surface area contributed by atoms with Gasteiger partial charge in [0.1, 0.15) is 6.33 Å². The van der Waals surface area contributed by atoms with Gasteiger partial charge in [0.05, 0.1) is 4.92 Å². The SMILES string of the molecule is Cc1ccc(Nc2ncnc(NCc3cccnc3)c2[N+](=O)[O-])cc1. The van der Waals surface area contributed by atoms with Crippen LogP contribution in [0.3, 0.4) is 0 Å². The molecule has 0 radical (unpaired) electrons. The lowest BCUT2D eigenvalue weighted by Gasteiger charge is -2.10. The molecule has 0 saturated carbocycles. The van der Waals surface area contributed by atoms with Gasteiger partial charge in [0, 0.05) is 24.6 Å². The summed E-state index contributed by atoms with van der Waals surface area (Å²) in [5.41, 5.74) is 2.50. The number of hydrogen-bond donors (Lipinski definition) is 2. The highest BCUT2D eigenvalue weighted by Crippen LogP contribution is 2.31. The maximum absolute atomic E-state index is 11.5. The average Bonchev–Trinajstić information content (AvgIpc) is 2.62. The Hall–Kier alpha value is -3.55. The van der Waals surface area contributed by atoms with Gasteiger partial charge < -0.3 is 10.6 Å². The van der Waals surface area contributed by atoms with Crippen LogP contribution in [0.5, 0.6) is 0 Å². The van der Waals surface area contributed by atoms with Crippen molar-refractivity contribution in [2.24, 2.45) is 0 Å². The van der Waals surface area contributed by atoms with Gasteiger partial charge in [-0.2, -0.15) is 0 Å². The van der Waals surface area contributed by atoms with Gasteiger partial charge in [-0.3, -0.25) is 15.1 Å². The van der Waals surface area contributed by atoms with Crippen molar-refractivity contribution in [3.05, 3.63) is 76.4 Å². The molecule has 2 N–H and O–H groups in total. The highest BCUT2D eigenvalue weighted by molar-refractivity contribution is 5.73. The second-order valence-electron chi connectivity index (χ2n) is 5.38. The number of rotatable bonds is 6. The van der Waals surface area contributed by atoms with E-state index in [1.807, 2.05) is 37.3 Å². The molecule has 8 nitrogen and oxygen atoms in total. The molecule has 0 saturated heterocycles. The van der Waals surface area contributed by atoms with Crippen LogP contribution in [0, 0.1) is 17.0 Å². The normalized spacial score (nSPS) is 10.3. The molecule has 0 aliphatic rings. The lowest BCUT2D eigenvalue weighted by molar-refractivity contribution is -0.383. The van der Waals surface area contributed by atoms with Gasteiger partial charge in [-0.25, -0.2) is 9.97 Å². The number of hydrogen-bond acceptors (Lipinski definition) is 7. The van der Waals surface area contributed by atoms with E-state index in [4.69, 9.17) is 0 Å². The first-order valence-electron chi connectivity index (χ1n) is 7.59. The van der Waals surface area contributed by atoms with Gasteiger partial charge in [0.15, 0.2) is 0 Å². The molecule has 0 atom stereocenters. The van der Waals surface area contributed by atoms with E-state index in [2.05, 4.69) is 25.6 Å². The molecule has 0 aliphatic heterocycles. The summed E-state index contributed by atoms with van der Waals surface area (Å²) in [6.45, 7) is 2.34. The third kappa shape index (κ3) is 4.05. The van der Waals surface area contributed by atoms with Crippen molar-refractivity contribution in [3.63, 3.8) is 0 Å². The van der Waals surface area contributed by atoms with Crippen molar-refractivity contribution in [2.45, 2.75) is 13.5 Å². The van der Waals surface area contributed by atoms with Crippen molar-refractivity contribution >= 4 is 23.0 Å². The lowest BCUT2D eigenvalue weighted by Crippen LogP contribution is -2.08. The molecule has 3 aromatic rings. The molecule has 2 heterocycles. The molecule has 25 heavy (non-hydrogen) atoms. The minimum absolute atomic E-state index is 0.137. The fourth-order valence-electron chi connectivity index (χ4n) is 2.23. The van der Waals surface area contributed by atoms with E-state index in [9.17, 15) is 10.1 Å². The summed E-state index contributed by atoms with van der Waals surface area (Å²) in [5, 5.41) is 17.5.